The first kappa shape index (κ1) is 14.2. The average molecular weight is 275 g/mol. The second-order valence-electron chi connectivity index (χ2n) is 3.60. The van der Waals surface area contributed by atoms with E-state index in [9.17, 15) is 17.6 Å². The van der Waals surface area contributed by atoms with Gasteiger partial charge in [0.05, 0.1) is 10.6 Å². The molecule has 0 atom stereocenters. The number of hydrogen-bond acceptors (Lipinski definition) is 4. The molecule has 1 aromatic carbocycles. The third-order valence-corrected chi connectivity index (χ3v) is 3.62. The summed E-state index contributed by atoms with van der Waals surface area (Å²) in [4.78, 5) is 11.0. The number of benzene rings is 1. The lowest BCUT2D eigenvalue weighted by Crippen LogP contribution is -2.39. The maximum atomic E-state index is 13.1. The van der Waals surface area contributed by atoms with Crippen LogP contribution in [0.5, 0.6) is 0 Å². The Balaban J connectivity index is 3.13. The van der Waals surface area contributed by atoms with E-state index in [4.69, 9.17) is 5.73 Å². The van der Waals surface area contributed by atoms with Gasteiger partial charge in [0.15, 0.2) is 0 Å². The van der Waals surface area contributed by atoms with E-state index in [1.807, 2.05) is 0 Å². The van der Waals surface area contributed by atoms with E-state index in [0.29, 0.717) is 0 Å². The number of halogens is 1. The van der Waals surface area contributed by atoms with Gasteiger partial charge in [0, 0.05) is 6.54 Å². The number of sulfonamides is 1. The fourth-order valence-corrected chi connectivity index (χ4v) is 2.52. The number of nitrogens with two attached hydrogens (primary N) is 1. The zero-order chi connectivity index (χ0) is 13.9. The van der Waals surface area contributed by atoms with Crippen LogP contribution < -0.4 is 15.8 Å². The lowest BCUT2D eigenvalue weighted by molar-refractivity contribution is 0.246. The topological polar surface area (TPSA) is 101 Å². The first-order chi connectivity index (χ1) is 8.27. The molecular weight excluding hydrogens is 261 g/mol. The van der Waals surface area contributed by atoms with Crippen molar-refractivity contribution in [2.45, 2.75) is 18.7 Å². The predicted molar refractivity (Wildman–Crippen MR) is 64.9 cm³/mol. The van der Waals surface area contributed by atoms with Gasteiger partial charge >= 0.3 is 6.03 Å². The summed E-state index contributed by atoms with van der Waals surface area (Å²) in [6.07, 6.45) is 0. The molecule has 100 valence electrons. The number of nitrogens with one attached hydrogen (secondary N) is 2. The number of carbonyl (C=O) groups excluding carboxylic acids is 1. The normalized spacial score (nSPS) is 11.1. The molecule has 0 fully saturated rings. The van der Waals surface area contributed by atoms with Crippen LogP contribution in [0.25, 0.3) is 0 Å². The summed E-state index contributed by atoms with van der Waals surface area (Å²) in [5.74, 6) is -0.704. The molecule has 0 aliphatic heterocycles. The van der Waals surface area contributed by atoms with E-state index in [0.717, 1.165) is 12.1 Å². The van der Waals surface area contributed by atoms with Crippen LogP contribution in [-0.2, 0) is 10.0 Å². The molecule has 8 heteroatoms. The minimum absolute atomic E-state index is 0.165. The Hall–Kier alpha value is -1.83. The molecule has 6 nitrogen and oxygen atoms in total. The molecule has 0 aliphatic carbocycles. The number of anilines is 1. The third kappa shape index (κ3) is 3.10. The Morgan fingerprint density at radius 1 is 1.44 bits per heavy atom. The van der Waals surface area contributed by atoms with Gasteiger partial charge in [0.1, 0.15) is 5.82 Å². The highest BCUT2D eigenvalue weighted by atomic mass is 32.2. The van der Waals surface area contributed by atoms with Crippen LogP contribution in [0, 0.1) is 12.7 Å². The minimum Gasteiger partial charge on any atom is -0.396 e. The van der Waals surface area contributed by atoms with Gasteiger partial charge in [0.2, 0.25) is 0 Å². The van der Waals surface area contributed by atoms with Gasteiger partial charge in [-0.05, 0) is 31.5 Å². The van der Waals surface area contributed by atoms with Crippen LogP contribution in [0.3, 0.4) is 0 Å². The van der Waals surface area contributed by atoms with Crippen molar-refractivity contribution in [3.63, 3.8) is 0 Å². The van der Waals surface area contributed by atoms with Crippen molar-refractivity contribution in [3.05, 3.63) is 23.5 Å². The molecule has 2 amide bonds. The van der Waals surface area contributed by atoms with Crippen LogP contribution in [-0.4, -0.2) is 21.0 Å². The van der Waals surface area contributed by atoms with Gasteiger partial charge in [-0.25, -0.2) is 22.3 Å². The molecule has 0 unspecified atom stereocenters. The number of amides is 2. The van der Waals surface area contributed by atoms with Crippen LogP contribution in [0.2, 0.25) is 0 Å². The zero-order valence-corrected chi connectivity index (χ0v) is 10.8. The lowest BCUT2D eigenvalue weighted by atomic mass is 10.2. The van der Waals surface area contributed by atoms with E-state index < -0.39 is 21.9 Å². The Morgan fingerprint density at radius 3 is 2.61 bits per heavy atom. The van der Waals surface area contributed by atoms with E-state index >= 15 is 0 Å². The minimum atomic E-state index is -4.06. The molecule has 1 aromatic rings. The Bertz CT molecular complexity index is 572. The molecule has 1 rings (SSSR count). The summed E-state index contributed by atoms with van der Waals surface area (Å²) in [5.41, 5.74) is 5.18. The predicted octanol–water partition coefficient (Wildman–Crippen LogP) is 0.724. The Morgan fingerprint density at radius 2 is 2.06 bits per heavy atom. The maximum absolute atomic E-state index is 13.1. The number of rotatable bonds is 3. The first-order valence-corrected chi connectivity index (χ1v) is 6.62. The summed E-state index contributed by atoms with van der Waals surface area (Å²) in [5, 5.41) is 2.28. The Kier molecular flexibility index (Phi) is 4.12. The van der Waals surface area contributed by atoms with Crippen LogP contribution in [0.1, 0.15) is 12.5 Å². The van der Waals surface area contributed by atoms with Gasteiger partial charge in [-0.15, -0.1) is 0 Å². The average Bonchev–Trinajstić information content (AvgIpc) is 2.22. The van der Waals surface area contributed by atoms with Crippen molar-refractivity contribution in [1.82, 2.24) is 10.0 Å². The standard InChI is InChI=1S/C10H14FN3O3S/c1-3-13-10(15)14-18(16,17)9-5-8(12)7(11)4-6(9)2/h4-5H,3,12H2,1-2H3,(H2,13,14,15). The number of aryl methyl sites for hydroxylation is 1. The number of urea groups is 1. The van der Waals surface area contributed by atoms with Gasteiger partial charge in [-0.2, -0.15) is 0 Å². The summed E-state index contributed by atoms with van der Waals surface area (Å²) in [6, 6.07) is 1.13. The van der Waals surface area contributed by atoms with Crippen LogP contribution in [0.4, 0.5) is 14.9 Å². The number of hydrogen-bond donors (Lipinski definition) is 3. The number of carbonyl (C=O) groups is 1. The van der Waals surface area contributed by atoms with Crippen molar-refractivity contribution < 1.29 is 17.6 Å². The molecule has 0 aromatic heterocycles. The van der Waals surface area contributed by atoms with E-state index in [-0.39, 0.29) is 22.7 Å². The first-order valence-electron chi connectivity index (χ1n) is 5.14. The van der Waals surface area contributed by atoms with Crippen LogP contribution in [0.15, 0.2) is 17.0 Å². The summed E-state index contributed by atoms with van der Waals surface area (Å²) in [6.45, 7) is 3.34. The van der Waals surface area contributed by atoms with Gasteiger partial charge in [0.25, 0.3) is 10.0 Å². The molecule has 0 saturated carbocycles. The molecule has 0 aliphatic rings. The molecule has 0 bridgehead atoms. The van der Waals surface area contributed by atoms with E-state index in [1.165, 1.54) is 6.92 Å². The van der Waals surface area contributed by atoms with Crippen LogP contribution >= 0.6 is 0 Å². The maximum Gasteiger partial charge on any atom is 0.328 e. The van der Waals surface area contributed by atoms with Crippen molar-refractivity contribution in [3.8, 4) is 0 Å². The molecule has 0 saturated heterocycles. The highest BCUT2D eigenvalue weighted by molar-refractivity contribution is 7.90. The number of nitrogen functional groups attached to an aromatic ring is 1. The zero-order valence-electron chi connectivity index (χ0n) is 9.95. The molecular formula is C10H14FN3O3S. The van der Waals surface area contributed by atoms with Gasteiger partial charge in [-0.1, -0.05) is 0 Å². The molecule has 18 heavy (non-hydrogen) atoms. The molecule has 0 spiro atoms. The van der Waals surface area contributed by atoms with Crippen molar-refractivity contribution in [1.29, 1.82) is 0 Å². The van der Waals surface area contributed by atoms with Gasteiger partial charge in [-0.3, -0.25) is 0 Å². The summed E-state index contributed by atoms with van der Waals surface area (Å²) >= 11 is 0. The smallest absolute Gasteiger partial charge is 0.328 e. The van der Waals surface area contributed by atoms with Crippen molar-refractivity contribution in [2.75, 3.05) is 12.3 Å². The monoisotopic (exact) mass is 275 g/mol. The molecule has 4 N–H and O–H groups in total. The summed E-state index contributed by atoms with van der Waals surface area (Å²) in [7, 11) is -4.06. The van der Waals surface area contributed by atoms with Crippen molar-refractivity contribution in [2.24, 2.45) is 0 Å². The second kappa shape index (κ2) is 5.21. The second-order valence-corrected chi connectivity index (χ2v) is 5.25. The van der Waals surface area contributed by atoms with Crippen molar-refractivity contribution >= 4 is 21.7 Å². The van der Waals surface area contributed by atoms with E-state index in [2.05, 4.69) is 5.32 Å². The quantitative estimate of drug-likeness (QED) is 0.707. The Labute approximate surface area is 104 Å². The highest BCUT2D eigenvalue weighted by Gasteiger charge is 2.21. The third-order valence-electron chi connectivity index (χ3n) is 2.15. The van der Waals surface area contributed by atoms with E-state index in [1.54, 1.807) is 11.6 Å². The largest absolute Gasteiger partial charge is 0.396 e. The molecule has 0 heterocycles. The summed E-state index contributed by atoms with van der Waals surface area (Å²) < 4.78 is 38.6. The molecule has 0 radical (unpaired) electrons. The fraction of sp³-hybridized carbons (Fsp3) is 0.300. The SMILES string of the molecule is CCNC(=O)NS(=O)(=O)c1cc(N)c(F)cc1C. The highest BCUT2D eigenvalue weighted by Crippen LogP contribution is 2.21. The van der Waals surface area contributed by atoms with Gasteiger partial charge < -0.3 is 11.1 Å². The lowest BCUT2D eigenvalue weighted by Gasteiger charge is -2.10. The fourth-order valence-electron chi connectivity index (χ4n) is 1.33.